The second-order valence-electron chi connectivity index (χ2n) is 4.89. The summed E-state index contributed by atoms with van der Waals surface area (Å²) in [6.07, 6.45) is 6.84. The van der Waals surface area contributed by atoms with Crippen LogP contribution in [0.2, 0.25) is 0 Å². The Hall–Kier alpha value is -1.36. The van der Waals surface area contributed by atoms with E-state index in [2.05, 4.69) is 16.9 Å². The maximum atomic E-state index is 12.0. The Morgan fingerprint density at radius 2 is 1.95 bits per heavy atom. The van der Waals surface area contributed by atoms with Gasteiger partial charge < -0.3 is 16.4 Å². The summed E-state index contributed by atoms with van der Waals surface area (Å²) >= 11 is 1.85. The van der Waals surface area contributed by atoms with E-state index in [0.29, 0.717) is 10.9 Å². The lowest BCUT2D eigenvalue weighted by Crippen LogP contribution is -2.45. The van der Waals surface area contributed by atoms with Crippen molar-refractivity contribution >= 4 is 29.2 Å². The van der Waals surface area contributed by atoms with Gasteiger partial charge in [-0.3, -0.25) is 0 Å². The molecule has 104 valence electrons. The van der Waals surface area contributed by atoms with Crippen LogP contribution in [0, 0.1) is 0 Å². The number of nitrogens with one attached hydrogen (secondary N) is 2. The number of anilines is 2. The summed E-state index contributed by atoms with van der Waals surface area (Å²) in [5, 5.41) is 6.46. The van der Waals surface area contributed by atoms with E-state index >= 15 is 0 Å². The monoisotopic (exact) mass is 279 g/mol. The molecule has 2 unspecified atom stereocenters. The third-order valence-electron chi connectivity index (χ3n) is 3.49. The largest absolute Gasteiger partial charge is 0.399 e. The smallest absolute Gasteiger partial charge is 0.319 e. The Morgan fingerprint density at radius 3 is 2.63 bits per heavy atom. The molecule has 0 bridgehead atoms. The molecule has 1 fully saturated rings. The van der Waals surface area contributed by atoms with E-state index < -0.39 is 0 Å². The molecule has 1 aromatic carbocycles. The maximum absolute atomic E-state index is 12.0. The molecule has 0 heterocycles. The van der Waals surface area contributed by atoms with Crippen LogP contribution in [0.15, 0.2) is 24.3 Å². The first-order valence-corrected chi connectivity index (χ1v) is 7.93. The van der Waals surface area contributed by atoms with E-state index in [1.54, 1.807) is 12.1 Å². The fraction of sp³-hybridized carbons (Fsp3) is 0.500. The molecular formula is C14H21N3OS. The summed E-state index contributed by atoms with van der Waals surface area (Å²) in [6, 6.07) is 7.32. The van der Waals surface area contributed by atoms with Gasteiger partial charge in [0.25, 0.3) is 0 Å². The molecule has 1 aliphatic carbocycles. The second-order valence-corrected chi connectivity index (χ2v) is 5.96. The van der Waals surface area contributed by atoms with E-state index in [0.717, 1.165) is 12.1 Å². The van der Waals surface area contributed by atoms with Crippen LogP contribution in [-0.4, -0.2) is 23.6 Å². The molecule has 0 spiro atoms. The molecule has 19 heavy (non-hydrogen) atoms. The van der Waals surface area contributed by atoms with Crippen LogP contribution >= 0.6 is 11.8 Å². The van der Waals surface area contributed by atoms with Crippen LogP contribution in [0.1, 0.15) is 25.7 Å². The van der Waals surface area contributed by atoms with Crippen molar-refractivity contribution in [2.75, 3.05) is 17.3 Å². The average Bonchev–Trinajstić information content (AvgIpc) is 2.42. The van der Waals surface area contributed by atoms with Crippen LogP contribution in [0.25, 0.3) is 0 Å². The Bertz CT molecular complexity index is 421. The Balaban J connectivity index is 1.88. The van der Waals surface area contributed by atoms with Crippen LogP contribution in [0.4, 0.5) is 16.2 Å². The van der Waals surface area contributed by atoms with Crippen molar-refractivity contribution in [3.8, 4) is 0 Å². The standard InChI is InChI=1S/C14H21N3OS/c1-19-13-5-3-2-4-12(13)17-14(18)16-11-8-6-10(15)7-9-11/h6-9,12-13H,2-5,15H2,1H3,(H2,16,17,18). The molecule has 4 N–H and O–H groups in total. The second kappa shape index (κ2) is 6.70. The summed E-state index contributed by atoms with van der Waals surface area (Å²) in [5.41, 5.74) is 7.07. The lowest BCUT2D eigenvalue weighted by molar-refractivity contribution is 0.245. The quantitative estimate of drug-likeness (QED) is 0.745. The van der Waals surface area contributed by atoms with Gasteiger partial charge in [0.15, 0.2) is 0 Å². The van der Waals surface area contributed by atoms with E-state index in [4.69, 9.17) is 5.73 Å². The summed E-state index contributed by atoms with van der Waals surface area (Å²) in [6.45, 7) is 0. The first kappa shape index (κ1) is 14.1. The number of hydrogen-bond acceptors (Lipinski definition) is 3. The molecule has 1 aromatic rings. The van der Waals surface area contributed by atoms with Crippen LogP contribution in [0.3, 0.4) is 0 Å². The fourth-order valence-corrected chi connectivity index (χ4v) is 3.38. The summed E-state index contributed by atoms with van der Waals surface area (Å²) in [5.74, 6) is 0. The zero-order valence-electron chi connectivity index (χ0n) is 11.2. The highest BCUT2D eigenvalue weighted by atomic mass is 32.2. The molecule has 2 atom stereocenters. The lowest BCUT2D eigenvalue weighted by Gasteiger charge is -2.30. The van der Waals surface area contributed by atoms with E-state index in [9.17, 15) is 4.79 Å². The minimum Gasteiger partial charge on any atom is -0.399 e. The fourth-order valence-electron chi connectivity index (χ4n) is 2.45. The highest BCUT2D eigenvalue weighted by Gasteiger charge is 2.25. The highest BCUT2D eigenvalue weighted by molar-refractivity contribution is 7.99. The molecule has 0 aliphatic heterocycles. The zero-order chi connectivity index (χ0) is 13.7. The Kier molecular flexibility index (Phi) is 4.96. The van der Waals surface area contributed by atoms with Gasteiger partial charge in [0.2, 0.25) is 0 Å². The molecule has 0 aromatic heterocycles. The van der Waals surface area contributed by atoms with Gasteiger partial charge in [-0.25, -0.2) is 4.79 Å². The molecule has 2 rings (SSSR count). The van der Waals surface area contributed by atoms with Crippen molar-refractivity contribution in [1.82, 2.24) is 5.32 Å². The first-order chi connectivity index (χ1) is 9.19. The van der Waals surface area contributed by atoms with E-state index in [-0.39, 0.29) is 12.1 Å². The molecule has 0 radical (unpaired) electrons. The van der Waals surface area contributed by atoms with Gasteiger partial charge in [-0.1, -0.05) is 12.8 Å². The number of rotatable bonds is 3. The minimum absolute atomic E-state index is 0.129. The first-order valence-electron chi connectivity index (χ1n) is 6.65. The number of nitrogens with two attached hydrogens (primary N) is 1. The number of hydrogen-bond donors (Lipinski definition) is 3. The van der Waals surface area contributed by atoms with Crippen molar-refractivity contribution < 1.29 is 4.79 Å². The predicted molar refractivity (Wildman–Crippen MR) is 82.6 cm³/mol. The third kappa shape index (κ3) is 4.06. The molecule has 5 heteroatoms. The van der Waals surface area contributed by atoms with Crippen molar-refractivity contribution in [2.24, 2.45) is 0 Å². The molecule has 1 saturated carbocycles. The number of carbonyl (C=O) groups is 1. The van der Waals surface area contributed by atoms with Crippen LogP contribution in [-0.2, 0) is 0 Å². The Morgan fingerprint density at radius 1 is 1.26 bits per heavy atom. The molecular weight excluding hydrogens is 258 g/mol. The van der Waals surface area contributed by atoms with E-state index in [1.807, 2.05) is 23.9 Å². The normalized spacial score (nSPS) is 22.8. The van der Waals surface area contributed by atoms with Gasteiger partial charge in [-0.2, -0.15) is 11.8 Å². The molecule has 1 aliphatic rings. The van der Waals surface area contributed by atoms with Crippen LogP contribution < -0.4 is 16.4 Å². The number of benzene rings is 1. The van der Waals surface area contributed by atoms with Crippen molar-refractivity contribution in [3.63, 3.8) is 0 Å². The number of nitrogen functional groups attached to an aromatic ring is 1. The number of carbonyl (C=O) groups excluding carboxylic acids is 1. The van der Waals surface area contributed by atoms with Gasteiger partial charge >= 0.3 is 6.03 Å². The number of urea groups is 1. The molecule has 2 amide bonds. The van der Waals surface area contributed by atoms with Crippen LogP contribution in [0.5, 0.6) is 0 Å². The summed E-state index contributed by atoms with van der Waals surface area (Å²) in [7, 11) is 0. The number of amides is 2. The van der Waals surface area contributed by atoms with Gasteiger partial charge in [-0.15, -0.1) is 0 Å². The minimum atomic E-state index is -0.129. The predicted octanol–water partition coefficient (Wildman–Crippen LogP) is 3.06. The topological polar surface area (TPSA) is 67.2 Å². The van der Waals surface area contributed by atoms with Gasteiger partial charge in [0.1, 0.15) is 0 Å². The van der Waals surface area contributed by atoms with E-state index in [1.165, 1.54) is 19.3 Å². The van der Waals surface area contributed by atoms with Crippen molar-refractivity contribution in [2.45, 2.75) is 37.0 Å². The summed E-state index contributed by atoms with van der Waals surface area (Å²) < 4.78 is 0. The zero-order valence-corrected chi connectivity index (χ0v) is 12.0. The SMILES string of the molecule is CSC1CCCCC1NC(=O)Nc1ccc(N)cc1. The lowest BCUT2D eigenvalue weighted by atomic mass is 9.95. The van der Waals surface area contributed by atoms with Crippen molar-refractivity contribution in [3.05, 3.63) is 24.3 Å². The van der Waals surface area contributed by atoms with Crippen molar-refractivity contribution in [1.29, 1.82) is 0 Å². The highest BCUT2D eigenvalue weighted by Crippen LogP contribution is 2.27. The van der Waals surface area contributed by atoms with Gasteiger partial charge in [-0.05, 0) is 43.4 Å². The molecule has 4 nitrogen and oxygen atoms in total. The van der Waals surface area contributed by atoms with Gasteiger partial charge in [0, 0.05) is 22.7 Å². The summed E-state index contributed by atoms with van der Waals surface area (Å²) in [4.78, 5) is 12.0. The number of thioether (sulfide) groups is 1. The maximum Gasteiger partial charge on any atom is 0.319 e. The average molecular weight is 279 g/mol. The molecule has 0 saturated heterocycles. The Labute approximate surface area is 118 Å². The van der Waals surface area contributed by atoms with Gasteiger partial charge in [0.05, 0.1) is 0 Å². The third-order valence-corrected chi connectivity index (χ3v) is 4.66.